The molecule has 0 amide bonds. The molecule has 0 saturated carbocycles. The summed E-state index contributed by atoms with van der Waals surface area (Å²) in [6.45, 7) is 2.22. The van der Waals surface area contributed by atoms with Gasteiger partial charge in [0.15, 0.2) is 0 Å². The molecular weight excluding hydrogens is 208 g/mol. The van der Waals surface area contributed by atoms with Crippen LogP contribution < -0.4 is 10.2 Å². The predicted octanol–water partition coefficient (Wildman–Crippen LogP) is 2.53. The Balaban J connectivity index is 1.97. The van der Waals surface area contributed by atoms with Crippen LogP contribution in [-0.4, -0.2) is 26.2 Å². The molecule has 0 aromatic heterocycles. The molecule has 0 aliphatic carbocycles. The molecule has 0 spiro atoms. The van der Waals surface area contributed by atoms with Gasteiger partial charge in [-0.1, -0.05) is 17.7 Å². The zero-order chi connectivity index (χ0) is 10.7. The smallest absolute Gasteiger partial charge is 0.0426 e. The van der Waals surface area contributed by atoms with E-state index in [0.717, 1.165) is 18.1 Å². The van der Waals surface area contributed by atoms with Gasteiger partial charge >= 0.3 is 0 Å². The van der Waals surface area contributed by atoms with E-state index in [-0.39, 0.29) is 0 Å². The van der Waals surface area contributed by atoms with Crippen molar-refractivity contribution in [2.45, 2.75) is 18.9 Å². The normalized spacial score (nSPS) is 20.5. The van der Waals surface area contributed by atoms with Gasteiger partial charge in [-0.15, -0.1) is 0 Å². The third kappa shape index (κ3) is 2.86. The lowest BCUT2D eigenvalue weighted by molar-refractivity contribution is 0.600. The van der Waals surface area contributed by atoms with Gasteiger partial charge in [0, 0.05) is 30.3 Å². The van der Waals surface area contributed by atoms with E-state index in [1.54, 1.807) is 0 Å². The number of likely N-dealkylation sites (N-methyl/N-ethyl adjacent to an activating group) is 1. The Morgan fingerprint density at radius 1 is 1.53 bits per heavy atom. The van der Waals surface area contributed by atoms with Crippen LogP contribution in [0.3, 0.4) is 0 Å². The first-order chi connectivity index (χ1) is 7.25. The molecule has 0 radical (unpaired) electrons. The van der Waals surface area contributed by atoms with E-state index in [9.17, 15) is 0 Å². The molecule has 1 N–H and O–H groups in total. The minimum Gasteiger partial charge on any atom is -0.373 e. The van der Waals surface area contributed by atoms with Gasteiger partial charge in [0.05, 0.1) is 0 Å². The predicted molar refractivity (Wildman–Crippen MR) is 65.7 cm³/mol. The molecule has 15 heavy (non-hydrogen) atoms. The van der Waals surface area contributed by atoms with Crippen LogP contribution in [0.2, 0.25) is 5.02 Å². The van der Waals surface area contributed by atoms with Crippen molar-refractivity contribution >= 4 is 17.3 Å². The van der Waals surface area contributed by atoms with Gasteiger partial charge in [0.1, 0.15) is 0 Å². The van der Waals surface area contributed by atoms with E-state index in [0.29, 0.717) is 6.04 Å². The van der Waals surface area contributed by atoms with Gasteiger partial charge in [-0.3, -0.25) is 0 Å². The minimum absolute atomic E-state index is 0.633. The lowest BCUT2D eigenvalue weighted by atomic mass is 10.2. The second-order valence-electron chi connectivity index (χ2n) is 4.15. The van der Waals surface area contributed by atoms with Crippen molar-refractivity contribution in [3.63, 3.8) is 0 Å². The van der Waals surface area contributed by atoms with Crippen molar-refractivity contribution in [2.24, 2.45) is 0 Å². The Morgan fingerprint density at radius 3 is 3.07 bits per heavy atom. The molecule has 1 aromatic rings. The maximum absolute atomic E-state index is 5.96. The number of hydrogen-bond donors (Lipinski definition) is 1. The quantitative estimate of drug-likeness (QED) is 0.849. The first kappa shape index (κ1) is 10.8. The molecule has 1 fully saturated rings. The Hall–Kier alpha value is -0.730. The summed E-state index contributed by atoms with van der Waals surface area (Å²) in [4.78, 5) is 2.26. The highest BCUT2D eigenvalue weighted by atomic mass is 35.5. The highest BCUT2D eigenvalue weighted by molar-refractivity contribution is 6.30. The van der Waals surface area contributed by atoms with Crippen molar-refractivity contribution < 1.29 is 0 Å². The molecule has 1 atom stereocenters. The molecule has 1 unspecified atom stereocenters. The van der Waals surface area contributed by atoms with Crippen LogP contribution in [0.25, 0.3) is 0 Å². The van der Waals surface area contributed by atoms with Crippen LogP contribution in [0.15, 0.2) is 24.3 Å². The van der Waals surface area contributed by atoms with E-state index in [2.05, 4.69) is 23.3 Å². The molecule has 2 nitrogen and oxygen atoms in total. The molecule has 0 bridgehead atoms. The first-order valence-electron chi connectivity index (χ1n) is 5.46. The Bertz CT molecular complexity index is 321. The molecule has 1 aromatic carbocycles. The summed E-state index contributed by atoms with van der Waals surface area (Å²) in [6, 6.07) is 8.65. The van der Waals surface area contributed by atoms with Crippen molar-refractivity contribution in [3.05, 3.63) is 29.3 Å². The fourth-order valence-electron chi connectivity index (χ4n) is 2.06. The monoisotopic (exact) mass is 224 g/mol. The summed E-state index contributed by atoms with van der Waals surface area (Å²) in [5.74, 6) is 0. The Morgan fingerprint density at radius 2 is 2.40 bits per heavy atom. The second-order valence-corrected chi connectivity index (χ2v) is 4.59. The van der Waals surface area contributed by atoms with Gasteiger partial charge in [-0.25, -0.2) is 0 Å². The van der Waals surface area contributed by atoms with E-state index in [1.165, 1.54) is 18.5 Å². The van der Waals surface area contributed by atoms with Gasteiger partial charge in [0.2, 0.25) is 0 Å². The van der Waals surface area contributed by atoms with Crippen LogP contribution in [-0.2, 0) is 0 Å². The Labute approximate surface area is 96.2 Å². The molecule has 1 aliphatic rings. The first-order valence-corrected chi connectivity index (χ1v) is 5.83. The summed E-state index contributed by atoms with van der Waals surface area (Å²) in [5.41, 5.74) is 1.19. The highest BCUT2D eigenvalue weighted by Crippen LogP contribution is 2.19. The van der Waals surface area contributed by atoms with Crippen molar-refractivity contribution in [1.29, 1.82) is 0 Å². The molecule has 3 heteroatoms. The molecule has 1 heterocycles. The number of benzene rings is 1. The van der Waals surface area contributed by atoms with Crippen LogP contribution in [0.4, 0.5) is 5.69 Å². The fraction of sp³-hybridized carbons (Fsp3) is 0.500. The minimum atomic E-state index is 0.633. The molecule has 1 aliphatic heterocycles. The average molecular weight is 225 g/mol. The standard InChI is InChI=1S/C12H17ClN2/c1-15(9-11-5-3-7-14-11)12-6-2-4-10(13)8-12/h2,4,6,8,11,14H,3,5,7,9H2,1H3. The maximum Gasteiger partial charge on any atom is 0.0426 e. The third-order valence-electron chi connectivity index (χ3n) is 2.91. The van der Waals surface area contributed by atoms with Crippen molar-refractivity contribution in [1.82, 2.24) is 5.32 Å². The van der Waals surface area contributed by atoms with Crippen molar-refractivity contribution in [3.8, 4) is 0 Å². The molecule has 82 valence electrons. The van der Waals surface area contributed by atoms with Gasteiger partial charge in [0.25, 0.3) is 0 Å². The van der Waals surface area contributed by atoms with Crippen LogP contribution in [0, 0.1) is 0 Å². The van der Waals surface area contributed by atoms with E-state index in [1.807, 2.05) is 18.2 Å². The molecule has 1 saturated heterocycles. The Kier molecular flexibility index (Phi) is 3.49. The van der Waals surface area contributed by atoms with Crippen LogP contribution >= 0.6 is 11.6 Å². The molecule has 2 rings (SSSR count). The largest absolute Gasteiger partial charge is 0.373 e. The highest BCUT2D eigenvalue weighted by Gasteiger charge is 2.15. The second kappa shape index (κ2) is 4.86. The van der Waals surface area contributed by atoms with Gasteiger partial charge < -0.3 is 10.2 Å². The van der Waals surface area contributed by atoms with Crippen LogP contribution in [0.1, 0.15) is 12.8 Å². The van der Waals surface area contributed by atoms with Crippen molar-refractivity contribution in [2.75, 3.05) is 25.0 Å². The van der Waals surface area contributed by atoms with E-state index < -0.39 is 0 Å². The summed E-state index contributed by atoms with van der Waals surface area (Å²) < 4.78 is 0. The number of nitrogens with zero attached hydrogens (tertiary/aromatic N) is 1. The average Bonchev–Trinajstić information content (AvgIpc) is 2.70. The van der Waals surface area contributed by atoms with E-state index in [4.69, 9.17) is 11.6 Å². The third-order valence-corrected chi connectivity index (χ3v) is 3.14. The summed E-state index contributed by atoms with van der Waals surface area (Å²) in [6.07, 6.45) is 2.58. The number of hydrogen-bond acceptors (Lipinski definition) is 2. The summed E-state index contributed by atoms with van der Waals surface area (Å²) in [7, 11) is 2.12. The zero-order valence-corrected chi connectivity index (χ0v) is 9.80. The SMILES string of the molecule is CN(CC1CCCN1)c1cccc(Cl)c1. The molecular formula is C12H17ClN2. The fourth-order valence-corrected chi connectivity index (χ4v) is 2.25. The van der Waals surface area contributed by atoms with E-state index >= 15 is 0 Å². The number of halogens is 1. The topological polar surface area (TPSA) is 15.3 Å². The van der Waals surface area contributed by atoms with Gasteiger partial charge in [-0.05, 0) is 37.6 Å². The van der Waals surface area contributed by atoms with Gasteiger partial charge in [-0.2, -0.15) is 0 Å². The van der Waals surface area contributed by atoms with Crippen LogP contribution in [0.5, 0.6) is 0 Å². The lowest BCUT2D eigenvalue weighted by Gasteiger charge is -2.23. The summed E-state index contributed by atoms with van der Waals surface area (Å²) >= 11 is 5.96. The lowest BCUT2D eigenvalue weighted by Crippen LogP contribution is -2.35. The number of anilines is 1. The number of rotatable bonds is 3. The maximum atomic E-state index is 5.96. The number of nitrogens with one attached hydrogen (secondary N) is 1. The zero-order valence-electron chi connectivity index (χ0n) is 9.04. The summed E-state index contributed by atoms with van der Waals surface area (Å²) in [5, 5.41) is 4.30.